The van der Waals surface area contributed by atoms with Crippen LogP contribution < -0.4 is 5.32 Å². The first kappa shape index (κ1) is 19.2. The van der Waals surface area contributed by atoms with E-state index < -0.39 is 0 Å². The molecule has 27 heavy (non-hydrogen) atoms. The maximum Gasteiger partial charge on any atom is 0.251 e. The zero-order valence-corrected chi connectivity index (χ0v) is 16.4. The lowest BCUT2D eigenvalue weighted by molar-refractivity contribution is 0.0942. The van der Waals surface area contributed by atoms with Gasteiger partial charge in [-0.3, -0.25) is 4.79 Å². The van der Waals surface area contributed by atoms with Crippen LogP contribution in [0.2, 0.25) is 0 Å². The Kier molecular flexibility index (Phi) is 5.98. The maximum absolute atomic E-state index is 13.5. The van der Waals surface area contributed by atoms with Gasteiger partial charge in [0.25, 0.3) is 5.91 Å². The molecular weight excluding hydrogens is 361 g/mol. The predicted octanol–water partition coefficient (Wildman–Crippen LogP) is 4.29. The van der Waals surface area contributed by atoms with Crippen molar-refractivity contribution in [2.24, 2.45) is 0 Å². The molecule has 1 amide bonds. The molecule has 2 aromatic carbocycles. The Morgan fingerprint density at radius 2 is 1.96 bits per heavy atom. The second-order valence-electron chi connectivity index (χ2n) is 6.62. The third kappa shape index (κ3) is 4.78. The molecule has 1 heterocycles. The Morgan fingerprint density at radius 3 is 2.56 bits per heavy atom. The predicted molar refractivity (Wildman–Crippen MR) is 107 cm³/mol. The molecule has 3 aromatic rings. The van der Waals surface area contributed by atoms with Crippen molar-refractivity contribution >= 4 is 17.2 Å². The summed E-state index contributed by atoms with van der Waals surface area (Å²) in [5.41, 5.74) is 3.40. The summed E-state index contributed by atoms with van der Waals surface area (Å²) in [6.45, 7) is 2.35. The first-order chi connectivity index (χ1) is 12.9. The van der Waals surface area contributed by atoms with E-state index in [2.05, 4.69) is 10.3 Å². The number of amides is 1. The Labute approximate surface area is 162 Å². The fraction of sp³-hybridized carbons (Fsp3) is 0.238. The number of hydrogen-bond acceptors (Lipinski definition) is 4. The van der Waals surface area contributed by atoms with Crippen LogP contribution in [0.1, 0.15) is 27.7 Å². The molecule has 0 aliphatic rings. The van der Waals surface area contributed by atoms with Crippen molar-refractivity contribution in [2.75, 3.05) is 20.6 Å². The molecule has 1 atom stereocenters. The van der Waals surface area contributed by atoms with Crippen LogP contribution >= 0.6 is 11.3 Å². The molecule has 0 unspecified atom stereocenters. The van der Waals surface area contributed by atoms with Gasteiger partial charge in [-0.25, -0.2) is 9.37 Å². The Morgan fingerprint density at radius 1 is 1.22 bits per heavy atom. The average molecular weight is 383 g/mol. The first-order valence-electron chi connectivity index (χ1n) is 8.66. The molecule has 1 N–H and O–H groups in total. The summed E-state index contributed by atoms with van der Waals surface area (Å²) in [7, 11) is 3.82. The molecule has 4 nitrogen and oxygen atoms in total. The van der Waals surface area contributed by atoms with Gasteiger partial charge >= 0.3 is 0 Å². The Bertz CT molecular complexity index is 921. The molecule has 0 fully saturated rings. The zero-order valence-electron chi connectivity index (χ0n) is 15.6. The number of likely N-dealkylation sites (N-methyl/N-ethyl adjacent to an activating group) is 1. The molecule has 0 radical (unpaired) electrons. The third-order valence-electron chi connectivity index (χ3n) is 4.33. The van der Waals surface area contributed by atoms with Gasteiger partial charge in [-0.05, 0) is 50.8 Å². The number of carbonyl (C=O) groups excluding carboxylic acids is 1. The number of halogens is 1. The molecule has 0 saturated carbocycles. The van der Waals surface area contributed by atoms with E-state index in [-0.39, 0.29) is 17.8 Å². The van der Waals surface area contributed by atoms with E-state index in [1.165, 1.54) is 12.1 Å². The number of hydrogen-bond donors (Lipinski definition) is 1. The number of nitrogens with zero attached hydrogens (tertiary/aromatic N) is 2. The summed E-state index contributed by atoms with van der Waals surface area (Å²) in [6.07, 6.45) is 0. The van der Waals surface area contributed by atoms with Crippen LogP contribution in [0, 0.1) is 12.7 Å². The molecule has 140 valence electrons. The number of aryl methyl sites for hydroxylation is 1. The molecule has 6 heteroatoms. The summed E-state index contributed by atoms with van der Waals surface area (Å²) in [5, 5.41) is 5.89. The standard InChI is InChI=1S/C21H22FN3OS/c1-14-13-27-21(24-14)16-9-7-15(8-10-16)20(26)23-12-19(25(2)3)17-5-4-6-18(22)11-17/h4-11,13,19H,12H2,1-3H3,(H,23,26)/t19-/m1/s1. The highest BCUT2D eigenvalue weighted by Crippen LogP contribution is 2.24. The summed E-state index contributed by atoms with van der Waals surface area (Å²) in [4.78, 5) is 18.9. The minimum absolute atomic E-state index is 0.109. The normalized spacial score (nSPS) is 12.2. The van der Waals surface area contributed by atoms with Crippen molar-refractivity contribution in [1.29, 1.82) is 0 Å². The molecule has 3 rings (SSSR count). The van der Waals surface area contributed by atoms with Crippen molar-refractivity contribution in [3.63, 3.8) is 0 Å². The Balaban J connectivity index is 1.67. The Hall–Kier alpha value is -2.57. The molecule has 0 saturated heterocycles. The van der Waals surface area contributed by atoms with Gasteiger partial charge < -0.3 is 10.2 Å². The minimum atomic E-state index is -0.279. The van der Waals surface area contributed by atoms with Crippen molar-refractivity contribution in [3.05, 3.63) is 76.5 Å². The topological polar surface area (TPSA) is 45.2 Å². The highest BCUT2D eigenvalue weighted by molar-refractivity contribution is 7.13. The number of aromatic nitrogens is 1. The quantitative estimate of drug-likeness (QED) is 0.691. The number of benzene rings is 2. The second-order valence-corrected chi connectivity index (χ2v) is 7.47. The summed E-state index contributed by atoms with van der Waals surface area (Å²) >= 11 is 1.59. The molecule has 0 aliphatic heterocycles. The van der Waals surface area contributed by atoms with Gasteiger partial charge in [-0.1, -0.05) is 24.3 Å². The highest BCUT2D eigenvalue weighted by atomic mass is 32.1. The van der Waals surface area contributed by atoms with Crippen LogP contribution in [0.3, 0.4) is 0 Å². The van der Waals surface area contributed by atoms with E-state index >= 15 is 0 Å². The summed E-state index contributed by atoms with van der Waals surface area (Å²) in [6, 6.07) is 13.8. The SMILES string of the molecule is Cc1csc(-c2ccc(C(=O)NC[C@H](c3cccc(F)c3)N(C)C)cc2)n1. The third-order valence-corrected chi connectivity index (χ3v) is 5.34. The van der Waals surface area contributed by atoms with Gasteiger partial charge in [-0.2, -0.15) is 0 Å². The van der Waals surface area contributed by atoms with Crippen molar-refractivity contribution < 1.29 is 9.18 Å². The average Bonchev–Trinajstić information content (AvgIpc) is 3.08. The van der Waals surface area contributed by atoms with Gasteiger partial charge in [0.2, 0.25) is 0 Å². The van der Waals surface area contributed by atoms with E-state index in [0.29, 0.717) is 12.1 Å². The van der Waals surface area contributed by atoms with Crippen LogP contribution in [0.5, 0.6) is 0 Å². The molecular formula is C21H22FN3OS. The zero-order chi connectivity index (χ0) is 19.4. The fourth-order valence-corrected chi connectivity index (χ4v) is 3.66. The second kappa shape index (κ2) is 8.41. The van der Waals surface area contributed by atoms with Gasteiger partial charge in [0.05, 0.1) is 6.04 Å². The van der Waals surface area contributed by atoms with Gasteiger partial charge in [0.1, 0.15) is 10.8 Å². The van der Waals surface area contributed by atoms with Crippen LogP contribution in [0.4, 0.5) is 4.39 Å². The molecule has 1 aromatic heterocycles. The van der Waals surface area contributed by atoms with Crippen molar-refractivity contribution in [2.45, 2.75) is 13.0 Å². The number of nitrogens with one attached hydrogen (secondary N) is 1. The van der Waals surface area contributed by atoms with Crippen LogP contribution in [-0.2, 0) is 0 Å². The van der Waals surface area contributed by atoms with Gasteiger partial charge in [0.15, 0.2) is 0 Å². The van der Waals surface area contributed by atoms with E-state index in [0.717, 1.165) is 21.8 Å². The van der Waals surface area contributed by atoms with Crippen molar-refractivity contribution in [1.82, 2.24) is 15.2 Å². The largest absolute Gasteiger partial charge is 0.350 e. The van der Waals surface area contributed by atoms with Gasteiger partial charge in [0, 0.05) is 28.7 Å². The smallest absolute Gasteiger partial charge is 0.251 e. The lowest BCUT2D eigenvalue weighted by atomic mass is 10.1. The molecule has 0 aliphatic carbocycles. The first-order valence-corrected chi connectivity index (χ1v) is 9.54. The maximum atomic E-state index is 13.5. The summed E-state index contributed by atoms with van der Waals surface area (Å²) in [5.74, 6) is -0.432. The van der Waals surface area contributed by atoms with Crippen LogP contribution in [0.15, 0.2) is 53.9 Å². The number of carbonyl (C=O) groups is 1. The number of thiazole rings is 1. The monoisotopic (exact) mass is 383 g/mol. The molecule has 0 bridgehead atoms. The lowest BCUT2D eigenvalue weighted by Crippen LogP contribution is -2.34. The fourth-order valence-electron chi connectivity index (χ4n) is 2.85. The lowest BCUT2D eigenvalue weighted by Gasteiger charge is -2.25. The van der Waals surface area contributed by atoms with E-state index in [1.54, 1.807) is 29.5 Å². The van der Waals surface area contributed by atoms with Crippen LogP contribution in [-0.4, -0.2) is 36.4 Å². The van der Waals surface area contributed by atoms with E-state index in [1.807, 2.05) is 49.5 Å². The minimum Gasteiger partial charge on any atom is -0.350 e. The summed E-state index contributed by atoms with van der Waals surface area (Å²) < 4.78 is 13.5. The van der Waals surface area contributed by atoms with E-state index in [9.17, 15) is 9.18 Å². The molecule has 0 spiro atoms. The van der Waals surface area contributed by atoms with Crippen molar-refractivity contribution in [3.8, 4) is 10.6 Å². The number of rotatable bonds is 6. The van der Waals surface area contributed by atoms with Gasteiger partial charge in [-0.15, -0.1) is 11.3 Å². The van der Waals surface area contributed by atoms with E-state index in [4.69, 9.17) is 0 Å². The highest BCUT2D eigenvalue weighted by Gasteiger charge is 2.16. The van der Waals surface area contributed by atoms with Crippen LogP contribution in [0.25, 0.3) is 10.6 Å².